The highest BCUT2D eigenvalue weighted by Crippen LogP contribution is 2.34. The van der Waals surface area contributed by atoms with Crippen molar-refractivity contribution in [3.63, 3.8) is 0 Å². The molecule has 2 amide bonds. The molecule has 2 aliphatic rings. The number of piperidine rings is 1. The van der Waals surface area contributed by atoms with Gasteiger partial charge in [0.1, 0.15) is 5.92 Å². The van der Waals surface area contributed by atoms with Crippen molar-refractivity contribution in [3.8, 4) is 0 Å². The largest absolute Gasteiger partial charge is 0.481 e. The first-order valence-electron chi connectivity index (χ1n) is 8.16. The number of likely N-dealkylation sites (tertiary alicyclic amines) is 1. The Kier molecular flexibility index (Phi) is 5.20. The van der Waals surface area contributed by atoms with Gasteiger partial charge >= 0.3 is 5.97 Å². The first-order chi connectivity index (χ1) is 11.9. The van der Waals surface area contributed by atoms with Gasteiger partial charge in [0.15, 0.2) is 0 Å². The maximum Gasteiger partial charge on any atom is 0.308 e. The third-order valence-electron chi connectivity index (χ3n) is 4.78. The number of carbonyl (C=O) groups is 3. The lowest BCUT2D eigenvalue weighted by atomic mass is 9.96. The number of hydrogen-bond acceptors (Lipinski definition) is 3. The maximum atomic E-state index is 12.7. The number of aliphatic carboxylic acids is 1. The fraction of sp³-hybridized carbons (Fsp3) is 0.471. The molecule has 0 bridgehead atoms. The van der Waals surface area contributed by atoms with Gasteiger partial charge in [0.2, 0.25) is 11.8 Å². The van der Waals surface area contributed by atoms with Crippen molar-refractivity contribution in [1.29, 1.82) is 0 Å². The molecule has 134 valence electrons. The van der Waals surface area contributed by atoms with Crippen molar-refractivity contribution in [2.24, 2.45) is 11.8 Å². The lowest BCUT2D eigenvalue weighted by Crippen LogP contribution is -2.46. The van der Waals surface area contributed by atoms with E-state index in [9.17, 15) is 14.4 Å². The SMILES string of the molecule is O=C(O)C1CCCN(C(=O)C2CCN(c3cc(Cl)ccc3Cl)C2=O)C1. The van der Waals surface area contributed by atoms with Crippen LogP contribution in [0.15, 0.2) is 18.2 Å². The Labute approximate surface area is 155 Å². The number of carboxylic acid groups (broad SMARTS) is 1. The summed E-state index contributed by atoms with van der Waals surface area (Å²) in [5, 5.41) is 10.0. The highest BCUT2D eigenvalue weighted by Gasteiger charge is 2.41. The Hall–Kier alpha value is -1.79. The van der Waals surface area contributed by atoms with Gasteiger partial charge in [-0.3, -0.25) is 14.4 Å². The molecule has 2 saturated heterocycles. The molecule has 1 aromatic rings. The highest BCUT2D eigenvalue weighted by molar-refractivity contribution is 6.36. The van der Waals surface area contributed by atoms with E-state index in [1.807, 2.05) is 0 Å². The molecule has 6 nitrogen and oxygen atoms in total. The number of nitrogens with zero attached hydrogens (tertiary/aromatic N) is 2. The van der Waals surface area contributed by atoms with Gasteiger partial charge in [-0.25, -0.2) is 0 Å². The molecule has 0 radical (unpaired) electrons. The van der Waals surface area contributed by atoms with Crippen molar-refractivity contribution >= 4 is 46.7 Å². The summed E-state index contributed by atoms with van der Waals surface area (Å²) in [6.07, 6.45) is 1.57. The van der Waals surface area contributed by atoms with Crippen LogP contribution < -0.4 is 4.90 Å². The van der Waals surface area contributed by atoms with Gasteiger partial charge in [-0.2, -0.15) is 0 Å². The van der Waals surface area contributed by atoms with Crippen LogP contribution >= 0.6 is 23.2 Å². The summed E-state index contributed by atoms with van der Waals surface area (Å²) in [5.41, 5.74) is 0.497. The molecule has 2 fully saturated rings. The van der Waals surface area contributed by atoms with E-state index in [2.05, 4.69) is 0 Å². The number of hydrogen-bond donors (Lipinski definition) is 1. The molecule has 2 atom stereocenters. The fourth-order valence-electron chi connectivity index (χ4n) is 3.44. The highest BCUT2D eigenvalue weighted by atomic mass is 35.5. The summed E-state index contributed by atoms with van der Waals surface area (Å²) < 4.78 is 0. The lowest BCUT2D eigenvalue weighted by molar-refractivity contribution is -0.147. The average Bonchev–Trinajstić information content (AvgIpc) is 2.98. The normalized spacial score (nSPS) is 23.8. The van der Waals surface area contributed by atoms with Gasteiger partial charge < -0.3 is 14.9 Å². The average molecular weight is 385 g/mol. The number of amides is 2. The van der Waals surface area contributed by atoms with Gasteiger partial charge in [-0.05, 0) is 37.5 Å². The molecule has 0 spiro atoms. The van der Waals surface area contributed by atoms with E-state index in [0.717, 1.165) is 0 Å². The number of anilines is 1. The van der Waals surface area contributed by atoms with E-state index in [-0.39, 0.29) is 18.4 Å². The molecule has 0 aromatic heterocycles. The van der Waals surface area contributed by atoms with Crippen LogP contribution in [-0.4, -0.2) is 47.4 Å². The van der Waals surface area contributed by atoms with E-state index >= 15 is 0 Å². The molecule has 8 heteroatoms. The molecule has 0 saturated carbocycles. The Morgan fingerprint density at radius 2 is 1.92 bits per heavy atom. The zero-order valence-corrected chi connectivity index (χ0v) is 15.0. The molecule has 0 aliphatic carbocycles. The van der Waals surface area contributed by atoms with Crippen molar-refractivity contribution in [1.82, 2.24) is 4.90 Å². The summed E-state index contributed by atoms with van der Waals surface area (Å²) in [5.74, 6) is -2.86. The Balaban J connectivity index is 1.74. The van der Waals surface area contributed by atoms with Crippen LogP contribution in [0.5, 0.6) is 0 Å². The van der Waals surface area contributed by atoms with Gasteiger partial charge in [-0.1, -0.05) is 23.2 Å². The van der Waals surface area contributed by atoms with Gasteiger partial charge in [0, 0.05) is 24.7 Å². The van der Waals surface area contributed by atoms with Crippen LogP contribution in [0.3, 0.4) is 0 Å². The zero-order chi connectivity index (χ0) is 18.1. The summed E-state index contributed by atoms with van der Waals surface area (Å²) in [4.78, 5) is 39.6. The number of rotatable bonds is 3. The molecule has 2 aliphatic heterocycles. The van der Waals surface area contributed by atoms with Crippen molar-refractivity contribution < 1.29 is 19.5 Å². The topological polar surface area (TPSA) is 77.9 Å². The van der Waals surface area contributed by atoms with E-state index < -0.39 is 17.8 Å². The Bertz CT molecular complexity index is 725. The second kappa shape index (κ2) is 7.22. The summed E-state index contributed by atoms with van der Waals surface area (Å²) in [7, 11) is 0. The standard InChI is InChI=1S/C17H18Cl2N2O4/c18-11-3-4-13(19)14(8-11)21-7-5-12(16(21)23)15(22)20-6-1-2-10(9-20)17(24)25/h3-4,8,10,12H,1-2,5-7,9H2,(H,24,25). The van der Waals surface area contributed by atoms with Gasteiger partial charge in [0.25, 0.3) is 0 Å². The van der Waals surface area contributed by atoms with Gasteiger partial charge in [-0.15, -0.1) is 0 Å². The zero-order valence-electron chi connectivity index (χ0n) is 13.5. The molecule has 3 rings (SSSR count). The minimum Gasteiger partial charge on any atom is -0.481 e. The number of halogens is 2. The Morgan fingerprint density at radius 1 is 1.16 bits per heavy atom. The molecule has 1 aromatic carbocycles. The first kappa shape index (κ1) is 18.0. The van der Waals surface area contributed by atoms with Crippen LogP contribution in [0, 0.1) is 11.8 Å². The summed E-state index contributed by atoms with van der Waals surface area (Å²) in [6, 6.07) is 4.86. The van der Waals surface area contributed by atoms with Gasteiger partial charge in [0.05, 0.1) is 16.6 Å². The van der Waals surface area contributed by atoms with Crippen LogP contribution in [0.25, 0.3) is 0 Å². The third-order valence-corrected chi connectivity index (χ3v) is 5.34. The van der Waals surface area contributed by atoms with E-state index in [1.54, 1.807) is 18.2 Å². The van der Waals surface area contributed by atoms with Crippen LogP contribution in [0.2, 0.25) is 10.0 Å². The smallest absolute Gasteiger partial charge is 0.308 e. The predicted molar refractivity (Wildman–Crippen MR) is 93.9 cm³/mol. The second-order valence-electron chi connectivity index (χ2n) is 6.39. The van der Waals surface area contributed by atoms with Crippen molar-refractivity contribution in [3.05, 3.63) is 28.2 Å². The Morgan fingerprint density at radius 3 is 2.64 bits per heavy atom. The molecule has 2 unspecified atom stereocenters. The minimum absolute atomic E-state index is 0.163. The molecule has 1 N–H and O–H groups in total. The number of carbonyl (C=O) groups excluding carboxylic acids is 2. The second-order valence-corrected chi connectivity index (χ2v) is 7.23. The van der Waals surface area contributed by atoms with E-state index in [1.165, 1.54) is 9.80 Å². The monoisotopic (exact) mass is 384 g/mol. The first-order valence-corrected chi connectivity index (χ1v) is 8.92. The number of benzene rings is 1. The molecular formula is C17H18Cl2N2O4. The van der Waals surface area contributed by atoms with E-state index in [0.29, 0.717) is 48.1 Å². The number of carboxylic acids is 1. The third kappa shape index (κ3) is 3.60. The summed E-state index contributed by atoms with van der Waals surface area (Å²) in [6.45, 7) is 1.03. The predicted octanol–water partition coefficient (Wildman–Crippen LogP) is 2.67. The lowest BCUT2D eigenvalue weighted by Gasteiger charge is -2.32. The van der Waals surface area contributed by atoms with Crippen molar-refractivity contribution in [2.75, 3.05) is 24.5 Å². The van der Waals surface area contributed by atoms with Crippen LogP contribution in [0.1, 0.15) is 19.3 Å². The molecule has 2 heterocycles. The van der Waals surface area contributed by atoms with Crippen molar-refractivity contribution in [2.45, 2.75) is 19.3 Å². The minimum atomic E-state index is -0.900. The summed E-state index contributed by atoms with van der Waals surface area (Å²) >= 11 is 12.1. The van der Waals surface area contributed by atoms with Crippen LogP contribution in [-0.2, 0) is 14.4 Å². The van der Waals surface area contributed by atoms with E-state index in [4.69, 9.17) is 28.3 Å². The fourth-order valence-corrected chi connectivity index (χ4v) is 3.83. The quantitative estimate of drug-likeness (QED) is 0.812. The molecule has 25 heavy (non-hydrogen) atoms. The molecular weight excluding hydrogens is 367 g/mol. The maximum absolute atomic E-state index is 12.7. The van der Waals surface area contributed by atoms with Crippen LogP contribution in [0.4, 0.5) is 5.69 Å².